The fraction of sp³-hybridized carbons (Fsp3) is 0.818. The number of hydrogen-bond acceptors (Lipinski definition) is 3. The summed E-state index contributed by atoms with van der Waals surface area (Å²) in [5, 5.41) is 11.2. The van der Waals surface area contributed by atoms with Gasteiger partial charge in [0.25, 0.3) is 0 Å². The smallest absolute Gasteiger partial charge is 0.407 e. The minimum absolute atomic E-state index is 0.370. The Balaban J connectivity index is 2.12. The van der Waals surface area contributed by atoms with Crippen LogP contribution in [0.3, 0.4) is 0 Å². The van der Waals surface area contributed by atoms with Gasteiger partial charge in [-0.25, -0.2) is 4.79 Å². The van der Waals surface area contributed by atoms with Crippen LogP contribution in [0, 0.1) is 23.2 Å². The van der Waals surface area contributed by atoms with Gasteiger partial charge in [-0.15, -0.1) is 0 Å². The van der Waals surface area contributed by atoms with Crippen molar-refractivity contribution >= 4 is 6.09 Å². The maximum Gasteiger partial charge on any atom is 0.407 e. The summed E-state index contributed by atoms with van der Waals surface area (Å²) in [6.07, 6.45) is 1.27. The van der Waals surface area contributed by atoms with Gasteiger partial charge in [0.15, 0.2) is 0 Å². The van der Waals surface area contributed by atoms with Crippen molar-refractivity contribution in [1.29, 1.82) is 5.26 Å². The maximum absolute atomic E-state index is 11.3. The van der Waals surface area contributed by atoms with Gasteiger partial charge in [0.05, 0.1) is 6.07 Å². The van der Waals surface area contributed by atoms with Crippen molar-refractivity contribution in [1.82, 2.24) is 5.32 Å². The molecule has 0 radical (unpaired) electrons. The van der Waals surface area contributed by atoms with E-state index >= 15 is 0 Å². The van der Waals surface area contributed by atoms with E-state index in [4.69, 9.17) is 10.00 Å². The number of alkyl carbamates (subject to hydrolysis) is 1. The van der Waals surface area contributed by atoms with Crippen LogP contribution < -0.4 is 5.32 Å². The van der Waals surface area contributed by atoms with Crippen LogP contribution in [0.15, 0.2) is 0 Å². The van der Waals surface area contributed by atoms with Crippen LogP contribution in [0.25, 0.3) is 0 Å². The molecule has 4 nitrogen and oxygen atoms in total. The summed E-state index contributed by atoms with van der Waals surface area (Å²) in [6, 6.07) is 2.14. The Hall–Kier alpha value is -1.24. The molecule has 0 aromatic heterocycles. The zero-order chi connectivity index (χ0) is 11.5. The Morgan fingerprint density at radius 2 is 2.20 bits per heavy atom. The van der Waals surface area contributed by atoms with Crippen LogP contribution in [0.2, 0.25) is 0 Å². The molecule has 84 valence electrons. The van der Waals surface area contributed by atoms with Gasteiger partial charge in [-0.2, -0.15) is 5.26 Å². The Bertz CT molecular complexity index is 275. The number of nitriles is 1. The number of carbonyl (C=O) groups is 1. The third-order valence-electron chi connectivity index (χ3n) is 2.33. The molecule has 1 aliphatic carbocycles. The summed E-state index contributed by atoms with van der Waals surface area (Å²) in [4.78, 5) is 11.3. The van der Waals surface area contributed by atoms with Crippen molar-refractivity contribution in [2.75, 3.05) is 6.54 Å². The van der Waals surface area contributed by atoms with E-state index in [1.165, 1.54) is 0 Å². The maximum atomic E-state index is 11.3. The van der Waals surface area contributed by atoms with Gasteiger partial charge in [-0.1, -0.05) is 0 Å². The largest absolute Gasteiger partial charge is 0.444 e. The van der Waals surface area contributed by atoms with Gasteiger partial charge < -0.3 is 10.1 Å². The van der Waals surface area contributed by atoms with Gasteiger partial charge >= 0.3 is 6.09 Å². The molecule has 1 fully saturated rings. The van der Waals surface area contributed by atoms with Gasteiger partial charge in [0, 0.05) is 13.0 Å². The molecule has 2 atom stereocenters. The molecule has 0 heterocycles. The van der Waals surface area contributed by atoms with E-state index < -0.39 is 5.60 Å². The second kappa shape index (κ2) is 4.52. The first-order valence-corrected chi connectivity index (χ1v) is 5.26. The molecule has 2 unspecified atom stereocenters. The Labute approximate surface area is 90.6 Å². The Kier molecular flexibility index (Phi) is 3.57. The van der Waals surface area contributed by atoms with Crippen LogP contribution in [0.4, 0.5) is 4.79 Å². The lowest BCUT2D eigenvalue weighted by atomic mass is 10.2. The fourth-order valence-electron chi connectivity index (χ4n) is 1.46. The molecule has 0 aliphatic heterocycles. The van der Waals surface area contributed by atoms with Crippen LogP contribution in [0.5, 0.6) is 0 Å². The van der Waals surface area contributed by atoms with Crippen LogP contribution >= 0.6 is 0 Å². The molecule has 1 N–H and O–H groups in total. The van der Waals surface area contributed by atoms with Crippen LogP contribution in [0.1, 0.15) is 33.6 Å². The van der Waals surface area contributed by atoms with E-state index in [-0.39, 0.29) is 6.09 Å². The van der Waals surface area contributed by atoms with E-state index in [0.29, 0.717) is 24.8 Å². The molecule has 1 aliphatic rings. The third-order valence-corrected chi connectivity index (χ3v) is 2.33. The van der Waals surface area contributed by atoms with E-state index in [9.17, 15) is 4.79 Å². The molecule has 1 rings (SSSR count). The summed E-state index contributed by atoms with van der Waals surface area (Å²) in [7, 11) is 0. The Morgan fingerprint density at radius 1 is 1.53 bits per heavy atom. The predicted molar refractivity (Wildman–Crippen MR) is 56.1 cm³/mol. The SMILES string of the molecule is CC(C)(C)OC(=O)NCC1CC1CC#N. The van der Waals surface area contributed by atoms with E-state index in [2.05, 4.69) is 11.4 Å². The third kappa shape index (κ3) is 4.68. The second-order valence-corrected chi connectivity index (χ2v) is 5.00. The zero-order valence-corrected chi connectivity index (χ0v) is 9.54. The molecule has 0 bridgehead atoms. The number of nitrogens with zero attached hydrogens (tertiary/aromatic N) is 1. The number of nitrogens with one attached hydrogen (secondary N) is 1. The van der Waals surface area contributed by atoms with Crippen molar-refractivity contribution in [3.05, 3.63) is 0 Å². The molecule has 0 saturated heterocycles. The van der Waals surface area contributed by atoms with Crippen molar-refractivity contribution in [3.8, 4) is 6.07 Å². The number of ether oxygens (including phenoxy) is 1. The average molecular weight is 210 g/mol. The highest BCUT2D eigenvalue weighted by Crippen LogP contribution is 2.40. The quantitative estimate of drug-likeness (QED) is 0.775. The first-order valence-electron chi connectivity index (χ1n) is 5.26. The molecular formula is C11H18N2O2. The minimum Gasteiger partial charge on any atom is -0.444 e. The topological polar surface area (TPSA) is 62.1 Å². The summed E-state index contributed by atoms with van der Waals surface area (Å²) in [6.45, 7) is 6.13. The normalized spacial score (nSPS) is 24.1. The Morgan fingerprint density at radius 3 is 2.73 bits per heavy atom. The van der Waals surface area contributed by atoms with Crippen LogP contribution in [-0.2, 0) is 4.74 Å². The number of hydrogen-bond donors (Lipinski definition) is 1. The monoisotopic (exact) mass is 210 g/mol. The average Bonchev–Trinajstić information content (AvgIpc) is 2.78. The number of amides is 1. The number of rotatable bonds is 3. The van der Waals surface area contributed by atoms with Crippen LogP contribution in [-0.4, -0.2) is 18.2 Å². The molecule has 15 heavy (non-hydrogen) atoms. The second-order valence-electron chi connectivity index (χ2n) is 5.00. The molecule has 0 aromatic carbocycles. The highest BCUT2D eigenvalue weighted by Gasteiger charge is 2.36. The van der Waals surface area contributed by atoms with Gasteiger partial charge in [-0.3, -0.25) is 0 Å². The summed E-state index contributed by atoms with van der Waals surface area (Å²) in [5.74, 6) is 0.946. The van der Waals surface area contributed by atoms with Gasteiger partial charge in [0.1, 0.15) is 5.60 Å². The molecule has 0 aromatic rings. The lowest BCUT2D eigenvalue weighted by Crippen LogP contribution is -2.33. The van der Waals surface area contributed by atoms with E-state index in [0.717, 1.165) is 6.42 Å². The van der Waals surface area contributed by atoms with Gasteiger partial charge in [-0.05, 0) is 39.0 Å². The summed E-state index contributed by atoms with van der Waals surface area (Å²) < 4.78 is 5.10. The summed E-state index contributed by atoms with van der Waals surface area (Å²) in [5.41, 5.74) is -0.445. The standard InChI is InChI=1S/C11H18N2O2/c1-11(2,3)15-10(14)13-7-9-6-8(9)4-5-12/h8-9H,4,6-7H2,1-3H3,(H,13,14). The van der Waals surface area contributed by atoms with Crippen molar-refractivity contribution in [2.45, 2.75) is 39.2 Å². The van der Waals surface area contributed by atoms with Gasteiger partial charge in [0.2, 0.25) is 0 Å². The predicted octanol–water partition coefficient (Wildman–Crippen LogP) is 2.06. The van der Waals surface area contributed by atoms with Crippen molar-refractivity contribution in [2.24, 2.45) is 11.8 Å². The van der Waals surface area contributed by atoms with Crippen molar-refractivity contribution in [3.63, 3.8) is 0 Å². The lowest BCUT2D eigenvalue weighted by molar-refractivity contribution is 0.0524. The fourth-order valence-corrected chi connectivity index (χ4v) is 1.46. The molecule has 4 heteroatoms. The van der Waals surface area contributed by atoms with Crippen molar-refractivity contribution < 1.29 is 9.53 Å². The minimum atomic E-state index is -0.445. The lowest BCUT2D eigenvalue weighted by Gasteiger charge is -2.19. The molecule has 1 saturated carbocycles. The zero-order valence-electron chi connectivity index (χ0n) is 9.54. The van der Waals surface area contributed by atoms with E-state index in [1.54, 1.807) is 0 Å². The first-order chi connectivity index (χ1) is 6.92. The molecule has 0 spiro atoms. The molecule has 1 amide bonds. The first kappa shape index (κ1) is 11.8. The highest BCUT2D eigenvalue weighted by atomic mass is 16.6. The number of carbonyl (C=O) groups excluding carboxylic acids is 1. The summed E-state index contributed by atoms with van der Waals surface area (Å²) >= 11 is 0. The van der Waals surface area contributed by atoms with E-state index in [1.807, 2.05) is 20.8 Å². The highest BCUT2D eigenvalue weighted by molar-refractivity contribution is 5.67. The molecular weight excluding hydrogens is 192 g/mol.